The minimum Gasteiger partial charge on any atom is -0.477 e. The molecular formula is C23H23N5O5S. The summed E-state index contributed by atoms with van der Waals surface area (Å²) >= 11 is 0. The third-order valence-corrected chi connectivity index (χ3v) is 6.31. The van der Waals surface area contributed by atoms with Crippen LogP contribution in [0.4, 0.5) is 5.69 Å². The molecule has 34 heavy (non-hydrogen) atoms. The second kappa shape index (κ2) is 9.79. The second-order valence-electron chi connectivity index (χ2n) is 7.44. The van der Waals surface area contributed by atoms with Crippen molar-refractivity contribution in [3.63, 3.8) is 0 Å². The first kappa shape index (κ1) is 23.1. The van der Waals surface area contributed by atoms with Crippen molar-refractivity contribution in [1.29, 1.82) is 0 Å². The summed E-state index contributed by atoms with van der Waals surface area (Å²) in [5, 5.41) is 2.79. The second-order valence-corrected chi connectivity index (χ2v) is 9.12. The zero-order valence-corrected chi connectivity index (χ0v) is 19.1. The smallest absolute Gasteiger partial charge is 0.323 e. The molecule has 2 aromatic heterocycles. The van der Waals surface area contributed by atoms with Crippen LogP contribution < -0.4 is 20.5 Å². The largest absolute Gasteiger partial charge is 0.477 e. The van der Waals surface area contributed by atoms with Crippen LogP contribution in [-0.2, 0) is 16.6 Å². The number of fused-ring (bicyclic) bond motifs is 1. The van der Waals surface area contributed by atoms with Crippen LogP contribution in [0.25, 0.3) is 11.0 Å². The molecular weight excluding hydrogens is 458 g/mol. The van der Waals surface area contributed by atoms with Crippen LogP contribution in [0.5, 0.6) is 5.88 Å². The summed E-state index contributed by atoms with van der Waals surface area (Å²) in [4.78, 5) is 33.6. The Morgan fingerprint density at radius 1 is 1.06 bits per heavy atom. The van der Waals surface area contributed by atoms with E-state index in [1.807, 2.05) is 6.92 Å². The Labute approximate surface area is 195 Å². The van der Waals surface area contributed by atoms with Gasteiger partial charge in [-0.25, -0.2) is 18.2 Å². The van der Waals surface area contributed by atoms with Crippen LogP contribution >= 0.6 is 0 Å². The number of imidazole rings is 1. The number of aromatic amines is 2. The van der Waals surface area contributed by atoms with E-state index in [9.17, 15) is 18.0 Å². The van der Waals surface area contributed by atoms with E-state index in [2.05, 4.69) is 25.0 Å². The van der Waals surface area contributed by atoms with Crippen LogP contribution in [0.3, 0.4) is 0 Å². The third kappa shape index (κ3) is 5.09. The average molecular weight is 482 g/mol. The number of sulfonamides is 1. The highest BCUT2D eigenvalue weighted by Crippen LogP contribution is 2.22. The van der Waals surface area contributed by atoms with Gasteiger partial charge in [0.05, 0.1) is 33.8 Å². The first-order valence-corrected chi connectivity index (χ1v) is 12.0. The fourth-order valence-corrected chi connectivity index (χ4v) is 4.42. The van der Waals surface area contributed by atoms with Gasteiger partial charge in [0, 0.05) is 18.3 Å². The highest BCUT2D eigenvalue weighted by Gasteiger charge is 2.20. The first-order valence-electron chi connectivity index (χ1n) is 10.6. The Kier molecular flexibility index (Phi) is 6.64. The van der Waals surface area contributed by atoms with Crippen molar-refractivity contribution in [2.24, 2.45) is 0 Å². The lowest BCUT2D eigenvalue weighted by molar-refractivity contribution is 0.0951. The molecule has 0 aliphatic rings. The molecule has 176 valence electrons. The van der Waals surface area contributed by atoms with Gasteiger partial charge in [0.2, 0.25) is 5.88 Å². The molecule has 4 N–H and O–H groups in total. The molecule has 0 atom stereocenters. The van der Waals surface area contributed by atoms with Gasteiger partial charge in [-0.15, -0.1) is 0 Å². The first-order chi connectivity index (χ1) is 16.4. The van der Waals surface area contributed by atoms with Crippen molar-refractivity contribution in [2.75, 3.05) is 11.3 Å². The quantitative estimate of drug-likeness (QED) is 0.289. The fourth-order valence-electron chi connectivity index (χ4n) is 3.31. The summed E-state index contributed by atoms with van der Waals surface area (Å²) in [5.41, 5.74) is 1.39. The molecule has 0 saturated heterocycles. The number of rotatable bonds is 9. The maximum atomic E-state index is 13.0. The van der Waals surface area contributed by atoms with Crippen molar-refractivity contribution in [1.82, 2.24) is 20.3 Å². The molecule has 2 heterocycles. The van der Waals surface area contributed by atoms with E-state index in [1.165, 1.54) is 30.3 Å². The molecule has 10 nitrogen and oxygen atoms in total. The van der Waals surface area contributed by atoms with Gasteiger partial charge in [-0.1, -0.05) is 25.1 Å². The zero-order valence-electron chi connectivity index (χ0n) is 18.3. The van der Waals surface area contributed by atoms with Gasteiger partial charge in [0.25, 0.3) is 15.9 Å². The van der Waals surface area contributed by atoms with Gasteiger partial charge in [0.15, 0.2) is 0 Å². The van der Waals surface area contributed by atoms with Gasteiger partial charge >= 0.3 is 5.69 Å². The minimum absolute atomic E-state index is 0.0569. The number of nitrogens with one attached hydrogen (secondary N) is 4. The number of amides is 1. The molecule has 4 aromatic rings. The molecule has 0 radical (unpaired) electrons. The molecule has 0 fully saturated rings. The van der Waals surface area contributed by atoms with Crippen molar-refractivity contribution in [3.8, 4) is 5.88 Å². The normalized spacial score (nSPS) is 11.3. The summed E-state index contributed by atoms with van der Waals surface area (Å²) in [6.07, 6.45) is 2.43. The molecule has 0 bridgehead atoms. The molecule has 2 aromatic carbocycles. The van der Waals surface area contributed by atoms with Crippen molar-refractivity contribution in [2.45, 2.75) is 24.8 Å². The number of hydrogen-bond donors (Lipinski definition) is 4. The summed E-state index contributed by atoms with van der Waals surface area (Å²) in [6.45, 7) is 2.65. The van der Waals surface area contributed by atoms with E-state index in [0.29, 0.717) is 29.1 Å². The zero-order chi connectivity index (χ0) is 24.1. The SMILES string of the molecule is CCCOc1ncccc1CNC(=O)c1ccccc1NS(=O)(=O)c1ccc2[nH]c(=O)[nH]c2c1. The highest BCUT2D eigenvalue weighted by atomic mass is 32.2. The molecule has 0 aliphatic carbocycles. The summed E-state index contributed by atoms with van der Waals surface area (Å²) < 4.78 is 34.0. The number of carbonyl (C=O) groups excluding carboxylic acids is 1. The van der Waals surface area contributed by atoms with E-state index in [4.69, 9.17) is 4.74 Å². The molecule has 0 unspecified atom stereocenters. The van der Waals surface area contributed by atoms with E-state index in [-0.39, 0.29) is 22.7 Å². The Hall–Kier alpha value is -4.12. The topological polar surface area (TPSA) is 146 Å². The van der Waals surface area contributed by atoms with Gasteiger partial charge in [-0.2, -0.15) is 0 Å². The van der Waals surface area contributed by atoms with Crippen molar-refractivity contribution < 1.29 is 17.9 Å². The van der Waals surface area contributed by atoms with Gasteiger partial charge in [-0.3, -0.25) is 9.52 Å². The number of ether oxygens (including phenoxy) is 1. The van der Waals surface area contributed by atoms with Crippen LogP contribution in [-0.4, -0.2) is 35.9 Å². The molecule has 0 saturated carbocycles. The molecule has 1 amide bonds. The summed E-state index contributed by atoms with van der Waals surface area (Å²) in [7, 11) is -4.03. The average Bonchev–Trinajstić information content (AvgIpc) is 3.21. The monoisotopic (exact) mass is 481 g/mol. The Bertz CT molecular complexity index is 1490. The number of pyridine rings is 1. The molecule has 0 spiro atoms. The number of anilines is 1. The van der Waals surface area contributed by atoms with Gasteiger partial charge in [0.1, 0.15) is 0 Å². The lowest BCUT2D eigenvalue weighted by Gasteiger charge is -2.14. The number of aromatic nitrogens is 3. The predicted molar refractivity (Wildman–Crippen MR) is 127 cm³/mol. The Balaban J connectivity index is 1.53. The number of nitrogens with zero attached hydrogens (tertiary/aromatic N) is 1. The van der Waals surface area contributed by atoms with Gasteiger partial charge < -0.3 is 20.0 Å². The highest BCUT2D eigenvalue weighted by molar-refractivity contribution is 7.92. The van der Waals surface area contributed by atoms with Gasteiger partial charge in [-0.05, 0) is 42.8 Å². The number of hydrogen-bond acceptors (Lipinski definition) is 6. The maximum absolute atomic E-state index is 13.0. The van der Waals surface area contributed by atoms with E-state index in [0.717, 1.165) is 6.42 Å². The third-order valence-electron chi connectivity index (χ3n) is 4.95. The molecule has 4 rings (SSSR count). The maximum Gasteiger partial charge on any atom is 0.323 e. The number of para-hydroxylation sites is 1. The lowest BCUT2D eigenvalue weighted by atomic mass is 10.1. The van der Waals surface area contributed by atoms with E-state index < -0.39 is 21.6 Å². The predicted octanol–water partition coefficient (Wildman–Crippen LogP) is 2.77. The number of H-pyrrole nitrogens is 2. The Morgan fingerprint density at radius 3 is 2.68 bits per heavy atom. The van der Waals surface area contributed by atoms with Crippen molar-refractivity contribution >= 4 is 32.7 Å². The lowest BCUT2D eigenvalue weighted by Crippen LogP contribution is -2.25. The number of benzene rings is 2. The minimum atomic E-state index is -4.03. The molecule has 11 heteroatoms. The van der Waals surface area contributed by atoms with Crippen LogP contribution in [0.1, 0.15) is 29.3 Å². The van der Waals surface area contributed by atoms with Crippen LogP contribution in [0, 0.1) is 0 Å². The molecule has 0 aliphatic heterocycles. The van der Waals surface area contributed by atoms with Crippen LogP contribution in [0.15, 0.2) is 70.5 Å². The van der Waals surface area contributed by atoms with E-state index >= 15 is 0 Å². The van der Waals surface area contributed by atoms with E-state index in [1.54, 1.807) is 30.5 Å². The fraction of sp³-hybridized carbons (Fsp3) is 0.174. The standard InChI is InChI=1S/C23H23N5O5S/c1-2-12-33-22-15(6-5-11-24-22)14-25-21(29)17-7-3-4-8-18(17)28-34(31,32)16-9-10-19-20(13-16)27-23(30)26-19/h3-11,13,28H,2,12,14H2,1H3,(H,25,29)(H2,26,27,30). The van der Waals surface area contributed by atoms with Crippen LogP contribution in [0.2, 0.25) is 0 Å². The summed E-state index contributed by atoms with van der Waals surface area (Å²) in [6, 6.07) is 14.1. The number of carbonyl (C=O) groups is 1. The van der Waals surface area contributed by atoms with Crippen molar-refractivity contribution in [3.05, 3.63) is 82.4 Å². The Morgan fingerprint density at radius 2 is 1.85 bits per heavy atom. The summed E-state index contributed by atoms with van der Waals surface area (Å²) in [5.74, 6) is -0.0224.